The topological polar surface area (TPSA) is 50.7 Å². The Morgan fingerprint density at radius 3 is 2.55 bits per heavy atom. The number of hydrogen-bond donors (Lipinski definition) is 2. The number of para-hydroxylation sites is 1. The minimum Gasteiger partial charge on any atom is -0.493 e. The van der Waals surface area contributed by atoms with Gasteiger partial charge in [0.05, 0.1) is 13.7 Å². The van der Waals surface area contributed by atoms with E-state index in [1.54, 1.807) is 7.11 Å². The number of ether oxygens (including phenoxy) is 2. The van der Waals surface area contributed by atoms with Crippen LogP contribution >= 0.6 is 0 Å². The fourth-order valence-electron chi connectivity index (χ4n) is 1.66. The molecule has 0 aliphatic rings. The molecule has 0 fully saturated rings. The average Bonchev–Trinajstić information content (AvgIpc) is 2.41. The lowest BCUT2D eigenvalue weighted by Crippen LogP contribution is -2.35. The summed E-state index contributed by atoms with van der Waals surface area (Å²) in [6.45, 7) is 9.63. The summed E-state index contributed by atoms with van der Waals surface area (Å²) in [5.74, 6) is 1.58. The molecule has 1 rings (SSSR count). The zero-order valence-corrected chi connectivity index (χ0v) is 13.2. The quantitative estimate of drug-likeness (QED) is 0.806. The van der Waals surface area contributed by atoms with Gasteiger partial charge in [-0.25, -0.2) is 0 Å². The van der Waals surface area contributed by atoms with Crippen LogP contribution in [0.1, 0.15) is 33.3 Å². The number of benzene rings is 1. The zero-order chi connectivity index (χ0) is 15.2. The largest absolute Gasteiger partial charge is 0.493 e. The number of hydrogen-bond acceptors (Lipinski definition) is 4. The van der Waals surface area contributed by atoms with Gasteiger partial charge in [-0.3, -0.25) is 0 Å². The van der Waals surface area contributed by atoms with E-state index in [-0.39, 0.29) is 18.1 Å². The van der Waals surface area contributed by atoms with Crippen molar-refractivity contribution in [3.05, 3.63) is 23.8 Å². The van der Waals surface area contributed by atoms with E-state index in [2.05, 4.69) is 26.1 Å². The first kappa shape index (κ1) is 16.8. The molecule has 4 nitrogen and oxygen atoms in total. The molecule has 1 unspecified atom stereocenters. The molecule has 0 amide bonds. The van der Waals surface area contributed by atoms with Crippen LogP contribution in [0.5, 0.6) is 11.5 Å². The Kier molecular flexibility index (Phi) is 6.30. The summed E-state index contributed by atoms with van der Waals surface area (Å²) in [5.41, 5.74) is 1.10. The van der Waals surface area contributed by atoms with Gasteiger partial charge in [0, 0.05) is 30.2 Å². The summed E-state index contributed by atoms with van der Waals surface area (Å²) in [7, 11) is 1.64. The van der Waals surface area contributed by atoms with Crippen molar-refractivity contribution in [1.29, 1.82) is 0 Å². The Bertz CT molecular complexity index is 413. The van der Waals surface area contributed by atoms with Crippen LogP contribution in [0.4, 0.5) is 0 Å². The molecule has 1 atom stereocenters. The molecular formula is C16H27NO3. The smallest absolute Gasteiger partial charge is 0.165 e. The van der Waals surface area contributed by atoms with Crippen molar-refractivity contribution >= 4 is 0 Å². The van der Waals surface area contributed by atoms with Crippen LogP contribution in [0.2, 0.25) is 0 Å². The molecule has 0 saturated carbocycles. The summed E-state index contributed by atoms with van der Waals surface area (Å²) in [4.78, 5) is 0. The van der Waals surface area contributed by atoms with E-state index >= 15 is 0 Å². The van der Waals surface area contributed by atoms with Crippen LogP contribution in [0, 0.1) is 5.92 Å². The van der Waals surface area contributed by atoms with Gasteiger partial charge in [0.1, 0.15) is 0 Å². The highest BCUT2D eigenvalue weighted by molar-refractivity contribution is 5.46. The second kappa shape index (κ2) is 7.50. The first-order chi connectivity index (χ1) is 9.37. The lowest BCUT2D eigenvalue weighted by Gasteiger charge is -2.23. The Morgan fingerprint density at radius 2 is 2.00 bits per heavy atom. The van der Waals surface area contributed by atoms with Crippen LogP contribution in [-0.2, 0) is 6.54 Å². The fraction of sp³-hybridized carbons (Fsp3) is 0.625. The van der Waals surface area contributed by atoms with Crippen molar-refractivity contribution in [2.45, 2.75) is 39.8 Å². The molecular weight excluding hydrogens is 254 g/mol. The molecule has 0 aromatic heterocycles. The Balaban J connectivity index is 2.86. The highest BCUT2D eigenvalue weighted by atomic mass is 16.5. The highest BCUT2D eigenvalue weighted by Crippen LogP contribution is 2.31. The third kappa shape index (κ3) is 5.39. The lowest BCUT2D eigenvalue weighted by molar-refractivity contribution is 0.170. The Labute approximate surface area is 122 Å². The normalized spacial score (nSPS) is 13.1. The van der Waals surface area contributed by atoms with Crippen molar-refractivity contribution in [2.75, 3.05) is 20.3 Å². The molecule has 0 aliphatic carbocycles. The second-order valence-electron chi connectivity index (χ2n) is 6.15. The van der Waals surface area contributed by atoms with Crippen LogP contribution < -0.4 is 14.8 Å². The minimum absolute atomic E-state index is 0.0404. The number of methoxy groups -OCH3 is 1. The van der Waals surface area contributed by atoms with Gasteiger partial charge in [-0.1, -0.05) is 19.1 Å². The molecule has 0 heterocycles. The van der Waals surface area contributed by atoms with E-state index < -0.39 is 0 Å². The number of aliphatic hydroxyl groups excluding tert-OH is 1. The van der Waals surface area contributed by atoms with Gasteiger partial charge >= 0.3 is 0 Å². The van der Waals surface area contributed by atoms with Gasteiger partial charge in [0.25, 0.3) is 0 Å². The summed E-state index contributed by atoms with van der Waals surface area (Å²) >= 11 is 0. The molecule has 4 heteroatoms. The highest BCUT2D eigenvalue weighted by Gasteiger charge is 2.15. The van der Waals surface area contributed by atoms with Gasteiger partial charge in [-0.05, 0) is 26.8 Å². The molecule has 1 aromatic rings. The third-order valence-electron chi connectivity index (χ3n) is 2.91. The summed E-state index contributed by atoms with van der Waals surface area (Å²) < 4.78 is 11.2. The minimum atomic E-state index is 0.0404. The third-order valence-corrected chi connectivity index (χ3v) is 2.91. The van der Waals surface area contributed by atoms with E-state index in [1.165, 1.54) is 0 Å². The number of aliphatic hydroxyl groups is 1. The van der Waals surface area contributed by atoms with Gasteiger partial charge in [0.15, 0.2) is 11.5 Å². The van der Waals surface area contributed by atoms with Crippen molar-refractivity contribution in [1.82, 2.24) is 5.32 Å². The maximum absolute atomic E-state index is 9.10. The van der Waals surface area contributed by atoms with Crippen molar-refractivity contribution in [3.63, 3.8) is 0 Å². The molecule has 0 spiro atoms. The van der Waals surface area contributed by atoms with E-state index in [0.29, 0.717) is 13.2 Å². The molecule has 20 heavy (non-hydrogen) atoms. The van der Waals surface area contributed by atoms with Crippen LogP contribution in [0.25, 0.3) is 0 Å². The zero-order valence-electron chi connectivity index (χ0n) is 13.2. The monoisotopic (exact) mass is 281 g/mol. The van der Waals surface area contributed by atoms with Crippen LogP contribution in [0.15, 0.2) is 18.2 Å². The Morgan fingerprint density at radius 1 is 1.30 bits per heavy atom. The van der Waals surface area contributed by atoms with E-state index in [9.17, 15) is 0 Å². The Hall–Kier alpha value is -1.26. The standard InChI is InChI=1S/C16H27NO3/c1-12(10-18)11-20-15-13(9-17-16(2,3)4)7-6-8-14(15)19-5/h6-8,12,17-18H,9-11H2,1-5H3. The molecule has 1 aromatic carbocycles. The molecule has 0 aliphatic heterocycles. The van der Waals surface area contributed by atoms with Gasteiger partial charge in [-0.15, -0.1) is 0 Å². The van der Waals surface area contributed by atoms with E-state index in [4.69, 9.17) is 14.6 Å². The molecule has 0 saturated heterocycles. The van der Waals surface area contributed by atoms with Gasteiger partial charge < -0.3 is 19.9 Å². The average molecular weight is 281 g/mol. The van der Waals surface area contributed by atoms with Gasteiger partial charge in [-0.2, -0.15) is 0 Å². The SMILES string of the molecule is COc1cccc(CNC(C)(C)C)c1OCC(C)CO. The first-order valence-electron chi connectivity index (χ1n) is 7.02. The predicted molar refractivity (Wildman–Crippen MR) is 81.3 cm³/mol. The lowest BCUT2D eigenvalue weighted by atomic mass is 10.1. The predicted octanol–water partition coefficient (Wildman–Crippen LogP) is 2.59. The number of rotatable bonds is 7. The molecule has 114 valence electrons. The first-order valence-corrected chi connectivity index (χ1v) is 7.02. The van der Waals surface area contributed by atoms with Crippen molar-refractivity contribution in [2.24, 2.45) is 5.92 Å². The molecule has 2 N–H and O–H groups in total. The summed E-state index contributed by atoms with van der Waals surface area (Å²) in [6.07, 6.45) is 0. The second-order valence-corrected chi connectivity index (χ2v) is 6.15. The van der Waals surface area contributed by atoms with Gasteiger partial charge in [0.2, 0.25) is 0 Å². The van der Waals surface area contributed by atoms with Crippen LogP contribution in [-0.4, -0.2) is 31.0 Å². The fourth-order valence-corrected chi connectivity index (χ4v) is 1.66. The summed E-state index contributed by atoms with van der Waals surface area (Å²) in [5, 5.41) is 12.5. The molecule has 0 radical (unpaired) electrons. The maximum atomic E-state index is 9.10. The molecule has 0 bridgehead atoms. The van der Waals surface area contributed by atoms with Crippen molar-refractivity contribution < 1.29 is 14.6 Å². The van der Waals surface area contributed by atoms with Crippen molar-refractivity contribution in [3.8, 4) is 11.5 Å². The number of nitrogens with one attached hydrogen (secondary N) is 1. The van der Waals surface area contributed by atoms with E-state index in [0.717, 1.165) is 17.1 Å². The maximum Gasteiger partial charge on any atom is 0.165 e. The van der Waals surface area contributed by atoms with E-state index in [1.807, 2.05) is 25.1 Å². The van der Waals surface area contributed by atoms with Crippen LogP contribution in [0.3, 0.4) is 0 Å². The summed E-state index contributed by atoms with van der Waals surface area (Å²) in [6, 6.07) is 5.88.